The zero-order valence-corrected chi connectivity index (χ0v) is 13.2. The van der Waals surface area contributed by atoms with Gasteiger partial charge in [-0.3, -0.25) is 0 Å². The summed E-state index contributed by atoms with van der Waals surface area (Å²) in [5, 5.41) is 4.58. The Kier molecular flexibility index (Phi) is 2.35. The van der Waals surface area contributed by atoms with E-state index in [1.54, 1.807) is 6.26 Å². The number of furan rings is 2. The summed E-state index contributed by atoms with van der Waals surface area (Å²) < 4.78 is 11.4. The molecule has 118 valence electrons. The van der Waals surface area contributed by atoms with Crippen LogP contribution in [0.5, 0.6) is 0 Å². The van der Waals surface area contributed by atoms with Crippen molar-refractivity contribution in [3.05, 3.63) is 73.2 Å². The normalized spacial score (nSPS) is 12.0. The second-order valence-corrected chi connectivity index (χ2v) is 6.35. The van der Waals surface area contributed by atoms with Gasteiger partial charge < -0.3 is 13.8 Å². The van der Waals surface area contributed by atoms with Crippen molar-refractivity contribution < 1.29 is 8.83 Å². The van der Waals surface area contributed by atoms with E-state index in [4.69, 9.17) is 8.83 Å². The highest BCUT2D eigenvalue weighted by Crippen LogP contribution is 2.38. The second-order valence-electron chi connectivity index (χ2n) is 6.35. The highest BCUT2D eigenvalue weighted by Gasteiger charge is 2.15. The van der Waals surface area contributed by atoms with E-state index in [0.717, 1.165) is 44.1 Å². The quantitative estimate of drug-likeness (QED) is 0.376. The molecular weight excluding hydrogens is 310 g/mol. The minimum absolute atomic E-state index is 0.872. The predicted octanol–water partition coefficient (Wildman–Crippen LogP) is 6.48. The molecule has 25 heavy (non-hydrogen) atoms. The minimum Gasteiger partial charge on any atom is -0.464 e. The molecule has 0 aliphatic carbocycles. The zero-order chi connectivity index (χ0) is 16.4. The van der Waals surface area contributed by atoms with Crippen molar-refractivity contribution in [1.29, 1.82) is 0 Å². The molecule has 3 heterocycles. The van der Waals surface area contributed by atoms with Crippen molar-refractivity contribution in [3.63, 3.8) is 0 Å². The molecule has 0 fully saturated rings. The molecule has 3 aromatic heterocycles. The number of fused-ring (bicyclic) bond motifs is 5. The molecule has 3 nitrogen and oxygen atoms in total. The maximum atomic E-state index is 5.85. The van der Waals surface area contributed by atoms with Crippen LogP contribution >= 0.6 is 0 Å². The summed E-state index contributed by atoms with van der Waals surface area (Å²) in [6.07, 6.45) is 3.55. The monoisotopic (exact) mass is 323 g/mol. The summed E-state index contributed by atoms with van der Waals surface area (Å²) in [5.74, 6) is 0. The molecule has 0 aliphatic rings. The van der Waals surface area contributed by atoms with Crippen LogP contribution in [0, 0.1) is 0 Å². The van der Waals surface area contributed by atoms with Gasteiger partial charge in [0, 0.05) is 38.2 Å². The Morgan fingerprint density at radius 1 is 0.680 bits per heavy atom. The van der Waals surface area contributed by atoms with E-state index in [2.05, 4.69) is 53.5 Å². The topological polar surface area (TPSA) is 42.1 Å². The lowest BCUT2D eigenvalue weighted by Crippen LogP contribution is -1.79. The molecule has 6 aromatic rings. The van der Waals surface area contributed by atoms with E-state index in [1.165, 1.54) is 10.8 Å². The fourth-order valence-electron chi connectivity index (χ4n) is 3.79. The molecule has 3 heteroatoms. The lowest BCUT2D eigenvalue weighted by atomic mass is 10.0. The zero-order valence-electron chi connectivity index (χ0n) is 13.2. The highest BCUT2D eigenvalue weighted by molar-refractivity contribution is 6.14. The van der Waals surface area contributed by atoms with E-state index in [0.29, 0.717) is 0 Å². The molecule has 0 saturated carbocycles. The Bertz CT molecular complexity index is 1400. The summed E-state index contributed by atoms with van der Waals surface area (Å²) in [6.45, 7) is 0. The minimum atomic E-state index is 0.872. The van der Waals surface area contributed by atoms with Gasteiger partial charge in [0.25, 0.3) is 0 Å². The lowest BCUT2D eigenvalue weighted by molar-refractivity contribution is 0.613. The molecule has 3 aromatic carbocycles. The molecule has 0 amide bonds. The molecule has 0 bridgehead atoms. The molecule has 0 unspecified atom stereocenters. The first-order chi connectivity index (χ1) is 12.4. The maximum Gasteiger partial charge on any atom is 0.135 e. The number of rotatable bonds is 1. The van der Waals surface area contributed by atoms with E-state index < -0.39 is 0 Å². The number of hydrogen-bond donors (Lipinski definition) is 1. The first-order valence-electron chi connectivity index (χ1n) is 8.27. The fraction of sp³-hybridized carbons (Fsp3) is 0. The van der Waals surface area contributed by atoms with Crippen LogP contribution in [0.3, 0.4) is 0 Å². The molecule has 6 rings (SSSR count). The molecule has 0 radical (unpaired) electrons. The average Bonchev–Trinajstić information content (AvgIpc) is 3.35. The van der Waals surface area contributed by atoms with Crippen LogP contribution in [0.4, 0.5) is 0 Å². The van der Waals surface area contributed by atoms with Crippen LogP contribution in [0.15, 0.2) is 82.0 Å². The van der Waals surface area contributed by atoms with Gasteiger partial charge in [0.15, 0.2) is 0 Å². The van der Waals surface area contributed by atoms with E-state index >= 15 is 0 Å². The Hall–Kier alpha value is -3.46. The Balaban J connectivity index is 1.73. The smallest absolute Gasteiger partial charge is 0.135 e. The number of H-pyrrole nitrogens is 1. The number of aromatic amines is 1. The van der Waals surface area contributed by atoms with Gasteiger partial charge in [-0.1, -0.05) is 36.4 Å². The summed E-state index contributed by atoms with van der Waals surface area (Å²) in [5.41, 5.74) is 6.23. The van der Waals surface area contributed by atoms with Gasteiger partial charge in [-0.05, 0) is 24.3 Å². The van der Waals surface area contributed by atoms with Gasteiger partial charge in [-0.25, -0.2) is 0 Å². The van der Waals surface area contributed by atoms with Crippen molar-refractivity contribution in [2.24, 2.45) is 0 Å². The van der Waals surface area contributed by atoms with E-state index in [-0.39, 0.29) is 0 Å². The summed E-state index contributed by atoms with van der Waals surface area (Å²) in [7, 11) is 0. The third kappa shape index (κ3) is 1.69. The van der Waals surface area contributed by atoms with Crippen molar-refractivity contribution in [1.82, 2.24) is 4.98 Å². The maximum absolute atomic E-state index is 5.85. The van der Waals surface area contributed by atoms with Crippen LogP contribution in [0.1, 0.15) is 0 Å². The number of aromatic nitrogens is 1. The summed E-state index contributed by atoms with van der Waals surface area (Å²) in [4.78, 5) is 3.57. The van der Waals surface area contributed by atoms with Crippen LogP contribution in [-0.2, 0) is 0 Å². The molecule has 0 aliphatic heterocycles. The van der Waals surface area contributed by atoms with Crippen LogP contribution in [0.25, 0.3) is 54.9 Å². The molecule has 0 atom stereocenters. The first kappa shape index (κ1) is 12.9. The lowest BCUT2D eigenvalue weighted by Gasteiger charge is -2.01. The van der Waals surface area contributed by atoms with Crippen LogP contribution in [-0.4, -0.2) is 4.98 Å². The van der Waals surface area contributed by atoms with Crippen molar-refractivity contribution >= 4 is 43.7 Å². The fourth-order valence-corrected chi connectivity index (χ4v) is 3.79. The van der Waals surface area contributed by atoms with Gasteiger partial charge in [0.05, 0.1) is 18.0 Å². The molecule has 0 saturated heterocycles. The van der Waals surface area contributed by atoms with Crippen molar-refractivity contribution in [2.45, 2.75) is 0 Å². The number of hydrogen-bond acceptors (Lipinski definition) is 2. The molecule has 1 N–H and O–H groups in total. The van der Waals surface area contributed by atoms with Crippen LogP contribution in [0.2, 0.25) is 0 Å². The standard InChI is InChI=1S/C22H13NO2/c1-2-7-19-14(4-1)15-5-3-6-16(22(15)23-19)18-12-25-21-10-13-8-9-24-20(13)11-17(18)21/h1-12,23H. The Labute approximate surface area is 142 Å². The third-order valence-corrected chi connectivity index (χ3v) is 4.98. The van der Waals surface area contributed by atoms with Gasteiger partial charge in [0.2, 0.25) is 0 Å². The summed E-state index contributed by atoms with van der Waals surface area (Å²) >= 11 is 0. The highest BCUT2D eigenvalue weighted by atomic mass is 16.3. The second kappa shape index (κ2) is 4.54. The molecular formula is C22H13NO2. The number of benzene rings is 3. The number of nitrogens with one attached hydrogen (secondary N) is 1. The van der Waals surface area contributed by atoms with Crippen molar-refractivity contribution in [2.75, 3.05) is 0 Å². The predicted molar refractivity (Wildman–Crippen MR) is 101 cm³/mol. The van der Waals surface area contributed by atoms with Gasteiger partial charge >= 0.3 is 0 Å². The average molecular weight is 323 g/mol. The van der Waals surface area contributed by atoms with E-state index in [1.807, 2.05) is 18.4 Å². The van der Waals surface area contributed by atoms with Gasteiger partial charge in [-0.2, -0.15) is 0 Å². The third-order valence-electron chi connectivity index (χ3n) is 4.98. The van der Waals surface area contributed by atoms with Gasteiger partial charge in [-0.15, -0.1) is 0 Å². The first-order valence-corrected chi connectivity index (χ1v) is 8.27. The van der Waals surface area contributed by atoms with E-state index in [9.17, 15) is 0 Å². The molecule has 0 spiro atoms. The SMILES string of the molecule is c1ccc2c(c1)[nH]c1c(-c3coc4cc5ccoc5cc34)cccc12. The Morgan fingerprint density at radius 2 is 1.60 bits per heavy atom. The van der Waals surface area contributed by atoms with Crippen LogP contribution < -0.4 is 0 Å². The summed E-state index contributed by atoms with van der Waals surface area (Å²) in [6, 6.07) is 20.8. The number of para-hydroxylation sites is 2. The Morgan fingerprint density at radius 3 is 2.60 bits per heavy atom. The largest absolute Gasteiger partial charge is 0.464 e. The van der Waals surface area contributed by atoms with Crippen molar-refractivity contribution in [3.8, 4) is 11.1 Å². The van der Waals surface area contributed by atoms with Gasteiger partial charge in [0.1, 0.15) is 11.2 Å².